The number of aliphatic hydroxyl groups excluding tert-OH is 2. The van der Waals surface area contributed by atoms with Crippen molar-refractivity contribution in [2.45, 2.75) is 197 Å². The summed E-state index contributed by atoms with van der Waals surface area (Å²) in [6, 6.07) is 3.36. The molecule has 0 saturated carbocycles. The molecular weight excluding hydrogens is 1020 g/mol. The van der Waals surface area contributed by atoms with Crippen LogP contribution in [0.3, 0.4) is 0 Å². The molecule has 1 amide bonds. The third-order valence-corrected chi connectivity index (χ3v) is 17.2. The Morgan fingerprint density at radius 3 is 2.31 bits per heavy atom. The number of nitrogens with zero attached hydrogens (tertiary/aromatic N) is 3. The van der Waals surface area contributed by atoms with Gasteiger partial charge in [0.1, 0.15) is 29.0 Å². The van der Waals surface area contributed by atoms with E-state index in [1.165, 1.54) is 38.9 Å². The zero-order valence-corrected chi connectivity index (χ0v) is 47.6. The monoisotopic (exact) mass is 1110 g/mol. The summed E-state index contributed by atoms with van der Waals surface area (Å²) >= 11 is 1.47. The van der Waals surface area contributed by atoms with Gasteiger partial charge in [-0.25, -0.2) is 9.59 Å². The molecule has 23 heteroatoms. The molecule has 18 atom stereocenters. The topological polar surface area (TPSA) is 296 Å². The van der Waals surface area contributed by atoms with Crippen molar-refractivity contribution >= 4 is 46.4 Å². The lowest BCUT2D eigenvalue weighted by Gasteiger charge is -2.49. The Morgan fingerprint density at radius 2 is 1.68 bits per heavy atom. The Bertz CT molecular complexity index is 2470. The number of carbonyl (C=O) groups is 3. The second-order valence-electron chi connectivity index (χ2n) is 22.5. The first kappa shape index (κ1) is 62.2. The third-order valence-electron chi connectivity index (χ3n) is 16.3. The largest absolute Gasteiger partial charge is 0.477 e. The number of carboxylic acids is 1. The van der Waals surface area contributed by atoms with Gasteiger partial charge in [0.25, 0.3) is 0 Å². The van der Waals surface area contributed by atoms with Crippen molar-refractivity contribution in [3.8, 4) is 0 Å². The van der Waals surface area contributed by atoms with E-state index in [2.05, 4.69) is 10.5 Å². The molecule has 2 aromatic rings. The second-order valence-corrected chi connectivity index (χ2v) is 23.6. The van der Waals surface area contributed by atoms with Gasteiger partial charge in [-0.3, -0.25) is 9.59 Å². The Labute approximate surface area is 455 Å². The van der Waals surface area contributed by atoms with Gasteiger partial charge in [-0.05, 0) is 99.0 Å². The number of aromatic nitrogens is 1. The highest BCUT2D eigenvalue weighted by Crippen LogP contribution is 2.42. The van der Waals surface area contributed by atoms with E-state index in [1.54, 1.807) is 54.5 Å². The van der Waals surface area contributed by atoms with Gasteiger partial charge in [0.05, 0.1) is 66.5 Å². The molecule has 5 heterocycles. The number of nitrogens with one attached hydrogen (secondary N) is 1. The fourth-order valence-electron chi connectivity index (χ4n) is 12.0. The molecule has 0 radical (unpaired) electrons. The number of hydrogen-bond acceptors (Lipinski definition) is 20. The number of rotatable bonds is 16. The third kappa shape index (κ3) is 13.8. The lowest BCUT2D eigenvalue weighted by Crippen LogP contribution is -2.61. The predicted molar refractivity (Wildman–Crippen MR) is 283 cm³/mol. The number of thioether (sulfide) groups is 1. The zero-order valence-electron chi connectivity index (χ0n) is 46.8. The number of carbonyl (C=O) groups excluding carboxylic acids is 2. The average Bonchev–Trinajstić information content (AvgIpc) is 3.78. The first-order chi connectivity index (χ1) is 36.1. The number of alkyl carbamates (subject to hydrolysis) is 1. The molecule has 4 aliphatic heterocycles. The number of likely N-dealkylation sites (N-methyl/N-ethyl adjacent to an activating group) is 1. The standard InChI is InChI=1S/C54H84N4O18S/c1-14-38-54(10,67)45(61)29(4)40(56-68)27(2)24-52(8,66)46(75-50-43(60)37(57(11)12)21-28(3)71-50)30(5)44(31(6)49(64)73-38)74-39-25-53(9,69-13)47(32(7)72-39)76-51(65)55-16-18-70-19-20-77-34-22-33-15-17-58-26-36(48(62)63)42(59)35(23-34)41(33)58/h22-23,26-32,37-39,43-47,50,60-61,66-68H,14-21,24-25H2,1-13H3,(H,55,65)(H,62,63)/b56-40+/t27-,28+,29+,30+,31-,32+,37-,38-,39+,43+,44+,45-,46-,47+,50-,52-,53-,54-/m1/s1. The van der Waals surface area contributed by atoms with Crippen molar-refractivity contribution in [2.75, 3.05) is 46.7 Å². The summed E-state index contributed by atoms with van der Waals surface area (Å²) in [5.74, 6) is -5.34. The van der Waals surface area contributed by atoms with Gasteiger partial charge in [0.15, 0.2) is 18.7 Å². The molecular formula is C54H84N4O18S. The van der Waals surface area contributed by atoms with Crippen molar-refractivity contribution in [2.24, 2.45) is 28.8 Å². The van der Waals surface area contributed by atoms with E-state index in [9.17, 15) is 49.9 Å². The maximum atomic E-state index is 14.5. The van der Waals surface area contributed by atoms with E-state index < -0.39 is 119 Å². The molecule has 0 spiro atoms. The van der Waals surface area contributed by atoms with Crippen molar-refractivity contribution in [1.29, 1.82) is 0 Å². The number of hydrogen-bond donors (Lipinski definition) is 7. The van der Waals surface area contributed by atoms with E-state index >= 15 is 0 Å². The van der Waals surface area contributed by atoms with E-state index in [1.807, 2.05) is 36.6 Å². The van der Waals surface area contributed by atoms with E-state index in [0.717, 1.165) is 16.0 Å². The molecule has 0 bridgehead atoms. The van der Waals surface area contributed by atoms with Crippen LogP contribution in [0.15, 0.2) is 33.2 Å². The summed E-state index contributed by atoms with van der Waals surface area (Å²) in [5.41, 5.74) is -4.06. The first-order valence-electron chi connectivity index (χ1n) is 26.7. The second kappa shape index (κ2) is 25.6. The van der Waals surface area contributed by atoms with Crippen LogP contribution in [0.1, 0.15) is 111 Å². The summed E-state index contributed by atoms with van der Waals surface area (Å²) in [6.07, 6.45) is -9.24. The first-order valence-corrected chi connectivity index (χ1v) is 27.7. The number of amides is 1. The maximum absolute atomic E-state index is 14.5. The number of oxime groups is 1. The zero-order chi connectivity index (χ0) is 57.1. The molecule has 0 unspecified atom stereocenters. The molecule has 3 saturated heterocycles. The fourth-order valence-corrected chi connectivity index (χ4v) is 12.8. The molecule has 3 fully saturated rings. The summed E-state index contributed by atoms with van der Waals surface area (Å²) in [7, 11) is 5.13. The lowest BCUT2D eigenvalue weighted by molar-refractivity contribution is -0.317. The molecule has 22 nitrogen and oxygen atoms in total. The Morgan fingerprint density at radius 1 is 0.974 bits per heavy atom. The van der Waals surface area contributed by atoms with Gasteiger partial charge in [-0.15, -0.1) is 11.8 Å². The highest BCUT2D eigenvalue weighted by molar-refractivity contribution is 7.99. The molecule has 0 aliphatic carbocycles. The van der Waals surface area contributed by atoms with Gasteiger partial charge >= 0.3 is 18.0 Å². The molecule has 6 rings (SSSR count). The summed E-state index contributed by atoms with van der Waals surface area (Å²) < 4.78 is 51.9. The number of aliphatic hydroxyl groups is 4. The number of ether oxygens (including phenoxy) is 8. The molecule has 1 aromatic heterocycles. The van der Waals surface area contributed by atoms with Crippen LogP contribution in [0.4, 0.5) is 4.79 Å². The number of benzene rings is 1. The quantitative estimate of drug-likeness (QED) is 0.0408. The Balaban J connectivity index is 1.16. The van der Waals surface area contributed by atoms with Crippen LogP contribution >= 0.6 is 11.8 Å². The van der Waals surface area contributed by atoms with Crippen molar-refractivity contribution < 1.29 is 83.0 Å². The number of methoxy groups -OCH3 is 1. The number of aryl methyl sites for hydroxylation is 2. The van der Waals surface area contributed by atoms with Crippen molar-refractivity contribution in [3.63, 3.8) is 0 Å². The highest BCUT2D eigenvalue weighted by atomic mass is 32.2. The summed E-state index contributed by atoms with van der Waals surface area (Å²) in [4.78, 5) is 55.2. The van der Waals surface area contributed by atoms with Crippen LogP contribution in [0.5, 0.6) is 0 Å². The van der Waals surface area contributed by atoms with Crippen LogP contribution in [-0.2, 0) is 55.7 Å². The number of aromatic carboxylic acids is 1. The maximum Gasteiger partial charge on any atom is 0.407 e. The summed E-state index contributed by atoms with van der Waals surface area (Å²) in [5, 5.41) is 74.6. The molecule has 4 aliphatic rings. The minimum absolute atomic E-state index is 0.0226. The van der Waals surface area contributed by atoms with Gasteiger partial charge < -0.3 is 83.4 Å². The molecule has 7 N–H and O–H groups in total. The van der Waals surface area contributed by atoms with Gasteiger partial charge in [-0.1, -0.05) is 32.9 Å². The number of pyridine rings is 1. The Hall–Kier alpha value is -3.98. The molecule has 77 heavy (non-hydrogen) atoms. The normalized spacial score (nSPS) is 37.9. The van der Waals surface area contributed by atoms with E-state index in [-0.39, 0.29) is 55.8 Å². The lowest BCUT2D eigenvalue weighted by atomic mass is 9.73. The van der Waals surface area contributed by atoms with Crippen LogP contribution in [-0.4, -0.2) is 195 Å². The minimum atomic E-state index is -2.04. The van der Waals surface area contributed by atoms with Crippen molar-refractivity contribution in [1.82, 2.24) is 14.8 Å². The Kier molecular flexibility index (Phi) is 20.7. The number of carboxylic acid groups (broad SMARTS) is 1. The molecule has 434 valence electrons. The smallest absolute Gasteiger partial charge is 0.407 e. The highest BCUT2D eigenvalue weighted by Gasteiger charge is 2.54. The van der Waals surface area contributed by atoms with Gasteiger partial charge in [0, 0.05) is 72.6 Å². The van der Waals surface area contributed by atoms with Crippen LogP contribution in [0.25, 0.3) is 10.9 Å². The van der Waals surface area contributed by atoms with E-state index in [0.29, 0.717) is 37.1 Å². The van der Waals surface area contributed by atoms with E-state index in [4.69, 9.17) is 37.9 Å². The average molecular weight is 1110 g/mol. The minimum Gasteiger partial charge on any atom is -0.477 e. The van der Waals surface area contributed by atoms with Crippen LogP contribution in [0.2, 0.25) is 0 Å². The summed E-state index contributed by atoms with van der Waals surface area (Å²) in [6.45, 7) is 17.6. The predicted octanol–water partition coefficient (Wildman–Crippen LogP) is 4.16. The SMILES string of the molecule is CC[C@H]1OC(=O)[C@H](C)[C@@H](O[C@H]2C[C@@](C)(OC)[C@@H](OC(=O)NCCOCCSc3cc4c5c(c3)c(=O)c(C(=O)O)cn5CC4)[C@H](C)O2)[C@H](C)[C@@H](O[C@H]2O[C@@H](C)C[C@@H](N(C)C)[C@@H]2O)[C@](C)(O)C[C@@H](C)/C(=N\O)[C@H](C)[C@@H](O)[C@]1(C)O. The van der Waals surface area contributed by atoms with Crippen molar-refractivity contribution in [3.05, 3.63) is 39.7 Å². The fraction of sp³-hybridized carbons (Fsp3) is 0.759. The van der Waals surface area contributed by atoms with Crippen LogP contribution < -0.4 is 10.7 Å². The molecule has 1 aromatic carbocycles. The van der Waals surface area contributed by atoms with Crippen LogP contribution in [0, 0.1) is 23.7 Å². The van der Waals surface area contributed by atoms with Gasteiger partial charge in [-0.2, -0.15) is 0 Å². The van der Waals surface area contributed by atoms with Gasteiger partial charge in [0.2, 0.25) is 5.43 Å². The number of esters is 1. The number of cyclic esters (lactones) is 1.